The van der Waals surface area contributed by atoms with Gasteiger partial charge in [0.1, 0.15) is 10.9 Å². The Balaban J connectivity index is 1.86. The average molecular weight is 274 g/mol. The Bertz CT molecular complexity index is 423. The minimum atomic E-state index is -0.368. The minimum Gasteiger partial charge on any atom is -0.387 e. The first-order chi connectivity index (χ1) is 8.11. The topological polar surface area (TPSA) is 21.6 Å². The van der Waals surface area contributed by atoms with E-state index in [1.807, 2.05) is 6.92 Å². The van der Waals surface area contributed by atoms with E-state index >= 15 is 0 Å². The first-order valence-corrected chi connectivity index (χ1v) is 6.82. The van der Waals surface area contributed by atoms with Crippen molar-refractivity contribution in [2.45, 2.75) is 24.7 Å². The highest BCUT2D eigenvalue weighted by Gasteiger charge is 2.33. The molecule has 1 atom stereocenters. The lowest BCUT2D eigenvalue weighted by Gasteiger charge is -2.16. The van der Waals surface area contributed by atoms with E-state index in [9.17, 15) is 4.39 Å². The van der Waals surface area contributed by atoms with Gasteiger partial charge < -0.3 is 4.84 Å². The molecule has 1 aliphatic heterocycles. The summed E-state index contributed by atoms with van der Waals surface area (Å²) in [4.78, 5) is 5.28. The van der Waals surface area contributed by atoms with Gasteiger partial charge in [-0.2, -0.15) is 0 Å². The number of rotatable bonds is 3. The fourth-order valence-electron chi connectivity index (χ4n) is 1.44. The molecule has 0 aliphatic carbocycles. The summed E-state index contributed by atoms with van der Waals surface area (Å²) in [6, 6.07) is 6.48. The molecule has 0 amide bonds. The van der Waals surface area contributed by atoms with Gasteiger partial charge in [0.15, 0.2) is 5.60 Å². The number of thioether (sulfide) groups is 1. The molecule has 5 heteroatoms. The van der Waals surface area contributed by atoms with Crippen LogP contribution >= 0.6 is 23.4 Å². The van der Waals surface area contributed by atoms with Crippen LogP contribution < -0.4 is 0 Å². The maximum Gasteiger partial charge on any atom is 0.154 e. The van der Waals surface area contributed by atoms with E-state index in [0.29, 0.717) is 5.88 Å². The largest absolute Gasteiger partial charge is 0.387 e. The summed E-state index contributed by atoms with van der Waals surface area (Å²) in [5.74, 6) is 0.979. The van der Waals surface area contributed by atoms with E-state index in [-0.39, 0.29) is 11.4 Å². The molecule has 0 aromatic heterocycles. The Morgan fingerprint density at radius 3 is 2.76 bits per heavy atom. The molecule has 2 nitrogen and oxygen atoms in total. The molecule has 0 saturated carbocycles. The maximum atomic E-state index is 12.7. The fourth-order valence-corrected chi connectivity index (χ4v) is 2.61. The Hall–Kier alpha value is -0.740. The number of hydrogen-bond acceptors (Lipinski definition) is 3. The van der Waals surface area contributed by atoms with Gasteiger partial charge in [-0.1, -0.05) is 17.3 Å². The Labute approximate surface area is 109 Å². The van der Waals surface area contributed by atoms with Crippen LogP contribution in [-0.2, 0) is 10.6 Å². The van der Waals surface area contributed by atoms with Crippen LogP contribution in [0.1, 0.15) is 18.9 Å². The molecule has 2 rings (SSSR count). The molecule has 1 aliphatic rings. The van der Waals surface area contributed by atoms with E-state index < -0.39 is 0 Å². The van der Waals surface area contributed by atoms with Crippen molar-refractivity contribution in [3.8, 4) is 0 Å². The lowest BCUT2D eigenvalue weighted by atomic mass is 10.1. The Morgan fingerprint density at radius 2 is 2.18 bits per heavy atom. The molecule has 0 saturated heterocycles. The summed E-state index contributed by atoms with van der Waals surface area (Å²) in [6.07, 6.45) is 0.738. The van der Waals surface area contributed by atoms with Crippen LogP contribution in [-0.4, -0.2) is 16.5 Å². The smallest absolute Gasteiger partial charge is 0.154 e. The maximum absolute atomic E-state index is 12.7. The molecule has 0 N–H and O–H groups in total. The van der Waals surface area contributed by atoms with Crippen LogP contribution in [0.15, 0.2) is 29.4 Å². The third-order valence-electron chi connectivity index (χ3n) is 2.49. The van der Waals surface area contributed by atoms with Gasteiger partial charge >= 0.3 is 0 Å². The van der Waals surface area contributed by atoms with Gasteiger partial charge in [-0.15, -0.1) is 23.4 Å². The van der Waals surface area contributed by atoms with Crippen LogP contribution in [0.25, 0.3) is 0 Å². The first kappa shape index (κ1) is 12.7. The normalized spacial score (nSPS) is 23.4. The molecule has 1 aromatic carbocycles. The zero-order valence-corrected chi connectivity index (χ0v) is 11.0. The lowest BCUT2D eigenvalue weighted by molar-refractivity contribution is 0.0152. The molecular weight excluding hydrogens is 261 g/mol. The summed E-state index contributed by atoms with van der Waals surface area (Å²) in [6.45, 7) is 1.94. The molecular formula is C12H13ClFNOS. The molecule has 17 heavy (non-hydrogen) atoms. The van der Waals surface area contributed by atoms with Crippen molar-refractivity contribution >= 4 is 28.4 Å². The standard InChI is InChI=1S/C12H13ClFNOS/c1-12(8-13)6-11(15-16-12)17-7-9-2-4-10(14)5-3-9/h2-5H,6-8H2,1H3. The Morgan fingerprint density at radius 1 is 1.47 bits per heavy atom. The number of benzene rings is 1. The highest BCUT2D eigenvalue weighted by atomic mass is 35.5. The van der Waals surface area contributed by atoms with Gasteiger partial charge in [-0.25, -0.2) is 4.39 Å². The van der Waals surface area contributed by atoms with Crippen LogP contribution in [0, 0.1) is 5.82 Å². The second-order valence-corrected chi connectivity index (χ2v) is 5.57. The second kappa shape index (κ2) is 5.27. The molecule has 1 aromatic rings. The zero-order valence-electron chi connectivity index (χ0n) is 9.45. The zero-order chi connectivity index (χ0) is 12.3. The number of oxime groups is 1. The summed E-state index contributed by atoms with van der Waals surface area (Å²) in [5.41, 5.74) is 0.700. The number of halogens is 2. The van der Waals surface area contributed by atoms with Crippen molar-refractivity contribution in [1.29, 1.82) is 0 Å². The van der Waals surface area contributed by atoms with Crippen LogP contribution in [0.4, 0.5) is 4.39 Å². The molecule has 92 valence electrons. The first-order valence-electron chi connectivity index (χ1n) is 5.29. The van der Waals surface area contributed by atoms with Gasteiger partial charge in [0.2, 0.25) is 0 Å². The monoisotopic (exact) mass is 273 g/mol. The van der Waals surface area contributed by atoms with Crippen molar-refractivity contribution in [3.63, 3.8) is 0 Å². The molecule has 0 bridgehead atoms. The van der Waals surface area contributed by atoms with E-state index in [0.717, 1.165) is 22.8 Å². The fraction of sp³-hybridized carbons (Fsp3) is 0.417. The molecule has 1 unspecified atom stereocenters. The highest BCUT2D eigenvalue weighted by molar-refractivity contribution is 8.13. The van der Waals surface area contributed by atoms with Crippen molar-refractivity contribution in [3.05, 3.63) is 35.6 Å². The summed E-state index contributed by atoms with van der Waals surface area (Å²) < 4.78 is 12.7. The van der Waals surface area contributed by atoms with Gasteiger partial charge in [-0.3, -0.25) is 0 Å². The van der Waals surface area contributed by atoms with E-state index in [4.69, 9.17) is 16.4 Å². The summed E-state index contributed by atoms with van der Waals surface area (Å²) >= 11 is 7.40. The second-order valence-electron chi connectivity index (χ2n) is 4.25. The molecule has 0 spiro atoms. The van der Waals surface area contributed by atoms with Gasteiger partial charge in [-0.05, 0) is 24.6 Å². The molecule has 0 radical (unpaired) electrons. The SMILES string of the molecule is CC1(CCl)CC(SCc2ccc(F)cc2)=NO1. The lowest BCUT2D eigenvalue weighted by Crippen LogP contribution is -2.26. The van der Waals surface area contributed by atoms with Crippen molar-refractivity contribution in [2.75, 3.05) is 5.88 Å². The average Bonchev–Trinajstić information content (AvgIpc) is 2.72. The van der Waals surface area contributed by atoms with E-state index in [1.54, 1.807) is 23.9 Å². The summed E-state index contributed by atoms with van der Waals surface area (Å²) in [5, 5.41) is 4.96. The number of hydrogen-bond donors (Lipinski definition) is 0. The van der Waals surface area contributed by atoms with Crippen LogP contribution in [0.3, 0.4) is 0 Å². The van der Waals surface area contributed by atoms with Crippen molar-refractivity contribution in [1.82, 2.24) is 0 Å². The minimum absolute atomic E-state index is 0.213. The van der Waals surface area contributed by atoms with Crippen LogP contribution in [0.5, 0.6) is 0 Å². The number of nitrogens with zero attached hydrogens (tertiary/aromatic N) is 1. The van der Waals surface area contributed by atoms with Gasteiger partial charge in [0.05, 0.1) is 5.88 Å². The number of alkyl halides is 1. The predicted octanol–water partition coefficient (Wildman–Crippen LogP) is 3.79. The van der Waals surface area contributed by atoms with E-state index in [1.165, 1.54) is 12.1 Å². The third kappa shape index (κ3) is 3.36. The molecule has 0 fully saturated rings. The molecule has 1 heterocycles. The quantitative estimate of drug-likeness (QED) is 0.782. The van der Waals surface area contributed by atoms with Gasteiger partial charge in [0, 0.05) is 12.2 Å². The van der Waals surface area contributed by atoms with E-state index in [2.05, 4.69) is 5.16 Å². The Kier molecular flexibility index (Phi) is 3.94. The van der Waals surface area contributed by atoms with Crippen molar-refractivity contribution < 1.29 is 9.23 Å². The third-order valence-corrected chi connectivity index (χ3v) is 4.09. The summed E-state index contributed by atoms with van der Waals surface area (Å²) in [7, 11) is 0. The predicted molar refractivity (Wildman–Crippen MR) is 70.0 cm³/mol. The van der Waals surface area contributed by atoms with Crippen LogP contribution in [0.2, 0.25) is 0 Å². The highest BCUT2D eigenvalue weighted by Crippen LogP contribution is 2.30. The van der Waals surface area contributed by atoms with Crippen molar-refractivity contribution in [2.24, 2.45) is 5.16 Å². The van der Waals surface area contributed by atoms with Gasteiger partial charge in [0.25, 0.3) is 0 Å².